The number of rotatable bonds is 7. The third kappa shape index (κ3) is 5.55. The highest BCUT2D eigenvalue weighted by Crippen LogP contribution is 2.48. The van der Waals surface area contributed by atoms with E-state index in [0.29, 0.717) is 43.9 Å². The lowest BCUT2D eigenvalue weighted by Crippen LogP contribution is -2.53. The molecule has 2 aromatic carbocycles. The number of anilines is 1. The minimum absolute atomic E-state index is 0.108. The largest absolute Gasteiger partial charge is 0.427 e. The van der Waals surface area contributed by atoms with Crippen molar-refractivity contribution in [1.82, 2.24) is 15.1 Å². The molecule has 14 heteroatoms. The number of nitrogens with one attached hydrogen (secondary N) is 2. The Morgan fingerprint density at radius 3 is 2.48 bits per heavy atom. The molecule has 224 valence electrons. The zero-order chi connectivity index (χ0) is 30.4. The van der Waals surface area contributed by atoms with Crippen LogP contribution >= 0.6 is 15.9 Å². The predicted molar refractivity (Wildman–Crippen MR) is 145 cm³/mol. The Morgan fingerprint density at radius 2 is 1.86 bits per heavy atom. The second-order valence-corrected chi connectivity index (χ2v) is 11.4. The molecule has 1 heterocycles. The molecule has 0 aromatic heterocycles. The van der Waals surface area contributed by atoms with E-state index in [2.05, 4.69) is 26.6 Å². The molecule has 9 nitrogen and oxygen atoms in total. The van der Waals surface area contributed by atoms with E-state index < -0.39 is 66.6 Å². The number of hydrogen-bond donors (Lipinski definition) is 2. The van der Waals surface area contributed by atoms with Crippen LogP contribution in [0.1, 0.15) is 42.4 Å². The van der Waals surface area contributed by atoms with E-state index in [9.17, 15) is 36.7 Å². The van der Waals surface area contributed by atoms with Crippen molar-refractivity contribution in [3.05, 3.63) is 63.4 Å². The molecule has 2 unspecified atom stereocenters. The molecular formula is C28H27BrF4N4O5. The first-order valence-corrected chi connectivity index (χ1v) is 14.1. The van der Waals surface area contributed by atoms with Crippen molar-refractivity contribution in [2.24, 2.45) is 5.92 Å². The van der Waals surface area contributed by atoms with Crippen LogP contribution in [-0.2, 0) is 32.9 Å². The van der Waals surface area contributed by atoms with E-state index in [1.807, 2.05) is 0 Å². The van der Waals surface area contributed by atoms with E-state index in [4.69, 9.17) is 4.74 Å². The molecule has 0 radical (unpaired) electrons. The van der Waals surface area contributed by atoms with Gasteiger partial charge < -0.3 is 20.3 Å². The summed E-state index contributed by atoms with van der Waals surface area (Å²) in [6.45, 7) is -1.44. The van der Waals surface area contributed by atoms with Crippen LogP contribution in [0.25, 0.3) is 0 Å². The van der Waals surface area contributed by atoms with Crippen molar-refractivity contribution < 1.29 is 41.5 Å². The molecule has 5 rings (SSSR count). The lowest BCUT2D eigenvalue weighted by molar-refractivity contribution is -0.196. The van der Waals surface area contributed by atoms with Gasteiger partial charge in [0.25, 0.3) is 5.91 Å². The van der Waals surface area contributed by atoms with Crippen LogP contribution in [0.15, 0.2) is 40.9 Å². The molecule has 2 fully saturated rings. The van der Waals surface area contributed by atoms with Crippen molar-refractivity contribution in [3.8, 4) is 0 Å². The fourth-order valence-corrected chi connectivity index (χ4v) is 6.30. The van der Waals surface area contributed by atoms with Gasteiger partial charge in [-0.05, 0) is 76.9 Å². The first-order valence-electron chi connectivity index (χ1n) is 13.3. The lowest BCUT2D eigenvalue weighted by Gasteiger charge is -2.34. The summed E-state index contributed by atoms with van der Waals surface area (Å²) < 4.78 is 62.2. The second kappa shape index (κ2) is 11.2. The number of hydrogen-bond acceptors (Lipinski definition) is 5. The molecule has 3 aliphatic rings. The fourth-order valence-electron chi connectivity index (χ4n) is 5.65. The van der Waals surface area contributed by atoms with E-state index in [-0.39, 0.29) is 24.8 Å². The van der Waals surface area contributed by atoms with Gasteiger partial charge >= 0.3 is 18.3 Å². The van der Waals surface area contributed by atoms with Crippen LogP contribution in [0.4, 0.5) is 32.8 Å². The average molecular weight is 655 g/mol. The molecule has 1 saturated carbocycles. The number of benzene rings is 2. The van der Waals surface area contributed by atoms with Gasteiger partial charge in [-0.25, -0.2) is 18.9 Å². The van der Waals surface area contributed by atoms with Crippen LogP contribution in [-0.4, -0.2) is 59.5 Å². The molecule has 1 aliphatic heterocycles. The maximum atomic E-state index is 14.2. The summed E-state index contributed by atoms with van der Waals surface area (Å²) in [7, 11) is 1.45. The third-order valence-electron chi connectivity index (χ3n) is 7.80. The van der Waals surface area contributed by atoms with Gasteiger partial charge in [0.05, 0.1) is 5.69 Å². The van der Waals surface area contributed by atoms with Gasteiger partial charge in [-0.3, -0.25) is 9.59 Å². The summed E-state index contributed by atoms with van der Waals surface area (Å²) in [5, 5.41) is 5.09. The van der Waals surface area contributed by atoms with Gasteiger partial charge in [0, 0.05) is 30.0 Å². The van der Waals surface area contributed by atoms with E-state index in [0.717, 1.165) is 12.1 Å². The number of nitrogens with zero attached hydrogens (tertiary/aromatic N) is 2. The topological polar surface area (TPSA) is 108 Å². The van der Waals surface area contributed by atoms with Crippen molar-refractivity contribution in [3.63, 3.8) is 0 Å². The highest BCUT2D eigenvalue weighted by Gasteiger charge is 2.59. The van der Waals surface area contributed by atoms with E-state index >= 15 is 0 Å². The zero-order valence-electron chi connectivity index (χ0n) is 22.4. The maximum Gasteiger partial charge on any atom is 0.418 e. The van der Waals surface area contributed by atoms with Crippen molar-refractivity contribution in [2.45, 2.75) is 56.5 Å². The Balaban J connectivity index is 1.43. The summed E-state index contributed by atoms with van der Waals surface area (Å²) >= 11 is 3.46. The number of imide groups is 1. The number of carbonyl (C=O) groups excluding carboxylic acids is 4. The van der Waals surface area contributed by atoms with Crippen LogP contribution < -0.4 is 10.6 Å². The number of urea groups is 1. The standard InChI is InChI=1S/C28H27BrF4N4O5/c1-34-25(40)35-20-11-10-19-18(22(20)29)3-2-12-27(19)24(39)37(26(41)42-27)14-21(38)36(13-15-4-8-17(30)9-5-15)23(16-6-7-16)28(31,32)33/h4-5,8-11,16,23H,2-3,6-7,12-14H2,1H3,(H2,34,35,40). The van der Waals surface area contributed by atoms with Gasteiger partial charge in [-0.1, -0.05) is 18.2 Å². The Kier molecular flexibility index (Phi) is 7.94. The first-order chi connectivity index (χ1) is 19.9. The molecule has 42 heavy (non-hydrogen) atoms. The number of carbonyl (C=O) groups is 4. The van der Waals surface area contributed by atoms with Crippen LogP contribution in [0, 0.1) is 11.7 Å². The number of ether oxygens (including phenoxy) is 1. The van der Waals surface area contributed by atoms with Crippen LogP contribution in [0.2, 0.25) is 0 Å². The zero-order valence-corrected chi connectivity index (χ0v) is 24.0. The molecule has 5 amide bonds. The minimum Gasteiger partial charge on any atom is -0.427 e. The Hall–Kier alpha value is -3.68. The smallest absolute Gasteiger partial charge is 0.418 e. The normalized spacial score (nSPS) is 20.7. The monoisotopic (exact) mass is 654 g/mol. The number of halogens is 5. The fraction of sp³-hybridized carbons (Fsp3) is 0.429. The Bertz CT molecular complexity index is 1430. The van der Waals surface area contributed by atoms with Gasteiger partial charge in [0.2, 0.25) is 11.5 Å². The maximum absolute atomic E-state index is 14.2. The second-order valence-electron chi connectivity index (χ2n) is 10.6. The van der Waals surface area contributed by atoms with Crippen LogP contribution in [0.5, 0.6) is 0 Å². The molecule has 2 aliphatic carbocycles. The molecule has 2 N–H and O–H groups in total. The molecule has 2 aromatic rings. The average Bonchev–Trinajstić information content (AvgIpc) is 3.74. The number of alkyl halides is 3. The summed E-state index contributed by atoms with van der Waals surface area (Å²) in [6.07, 6.45) is -4.34. The lowest BCUT2D eigenvalue weighted by atomic mass is 9.78. The highest BCUT2D eigenvalue weighted by atomic mass is 79.9. The summed E-state index contributed by atoms with van der Waals surface area (Å²) in [5.41, 5.74) is -0.0953. The van der Waals surface area contributed by atoms with E-state index in [1.54, 1.807) is 6.07 Å². The molecule has 1 saturated heterocycles. The van der Waals surface area contributed by atoms with Crippen molar-refractivity contribution >= 4 is 45.6 Å². The minimum atomic E-state index is -4.76. The van der Waals surface area contributed by atoms with Gasteiger partial charge in [0.15, 0.2) is 0 Å². The Morgan fingerprint density at radius 1 is 1.17 bits per heavy atom. The molecular weight excluding hydrogens is 628 g/mol. The predicted octanol–water partition coefficient (Wildman–Crippen LogP) is 5.22. The van der Waals surface area contributed by atoms with Crippen molar-refractivity contribution in [2.75, 3.05) is 18.9 Å². The molecule has 0 bridgehead atoms. The first kappa shape index (κ1) is 29.8. The van der Waals surface area contributed by atoms with Crippen molar-refractivity contribution in [1.29, 1.82) is 0 Å². The highest BCUT2D eigenvalue weighted by molar-refractivity contribution is 9.10. The quantitative estimate of drug-likeness (QED) is 0.398. The number of fused-ring (bicyclic) bond motifs is 2. The number of amides is 5. The summed E-state index contributed by atoms with van der Waals surface area (Å²) in [6, 6.07) is 5.21. The van der Waals surface area contributed by atoms with Gasteiger partial charge in [0.1, 0.15) is 18.4 Å². The Labute approximate surface area is 246 Å². The summed E-state index contributed by atoms with van der Waals surface area (Å²) in [4.78, 5) is 53.4. The van der Waals surface area contributed by atoms with Gasteiger partial charge in [-0.2, -0.15) is 13.2 Å². The molecule has 2 atom stereocenters. The SMILES string of the molecule is CNC(=O)Nc1ccc2c(c1Br)CCCC21OC(=O)N(CC(=O)N(Cc2ccc(F)cc2)C(C2CC2)C(F)(F)F)C1=O. The van der Waals surface area contributed by atoms with Crippen LogP contribution in [0.3, 0.4) is 0 Å². The molecule has 1 spiro atoms. The van der Waals surface area contributed by atoms with Gasteiger partial charge in [-0.15, -0.1) is 0 Å². The summed E-state index contributed by atoms with van der Waals surface area (Å²) in [5.74, 6) is -3.34. The third-order valence-corrected chi connectivity index (χ3v) is 8.71. The van der Waals surface area contributed by atoms with E-state index in [1.165, 1.54) is 25.2 Å².